The number of ketones is 1. The number of halogens is 2. The van der Waals surface area contributed by atoms with Crippen molar-refractivity contribution in [3.05, 3.63) is 87.1 Å². The van der Waals surface area contributed by atoms with Crippen molar-refractivity contribution in [2.45, 2.75) is 45.4 Å². The third kappa shape index (κ3) is 6.34. The van der Waals surface area contributed by atoms with Gasteiger partial charge in [-0.15, -0.1) is 0 Å². The van der Waals surface area contributed by atoms with Crippen LogP contribution in [0.4, 0.5) is 4.39 Å². The van der Waals surface area contributed by atoms with Crippen molar-refractivity contribution in [3.8, 4) is 5.75 Å². The first-order valence-electron chi connectivity index (χ1n) is 13.2. The zero-order valence-corrected chi connectivity index (χ0v) is 22.8. The Hall–Kier alpha value is -2.47. The first kappa shape index (κ1) is 27.6. The molecular formula is C31H37ClFN2O2. The van der Waals surface area contributed by atoms with Gasteiger partial charge in [0.15, 0.2) is 5.78 Å². The predicted molar refractivity (Wildman–Crippen MR) is 149 cm³/mol. The number of piperidine rings is 1. The highest BCUT2D eigenvalue weighted by atomic mass is 35.5. The first-order chi connectivity index (χ1) is 17.8. The topological polar surface area (TPSA) is 52.6 Å². The Bertz CT molecular complexity index is 1200. The third-order valence-corrected chi connectivity index (χ3v) is 7.88. The lowest BCUT2D eigenvalue weighted by Gasteiger charge is -2.36. The second-order valence-corrected chi connectivity index (χ2v) is 10.8. The van der Waals surface area contributed by atoms with Gasteiger partial charge in [0.05, 0.1) is 0 Å². The van der Waals surface area contributed by atoms with Gasteiger partial charge < -0.3 is 15.3 Å². The van der Waals surface area contributed by atoms with Gasteiger partial charge in [-0.25, -0.2) is 4.39 Å². The van der Waals surface area contributed by atoms with Gasteiger partial charge in [-0.3, -0.25) is 4.79 Å². The van der Waals surface area contributed by atoms with E-state index in [4.69, 9.17) is 11.6 Å². The molecule has 197 valence electrons. The fourth-order valence-corrected chi connectivity index (χ4v) is 6.05. The number of nitrogens with one attached hydrogen (secondary N) is 1. The molecule has 1 atom stereocenters. The number of nitrogens with zero attached hydrogens (tertiary/aromatic N) is 1. The largest absolute Gasteiger partial charge is 0.508 e. The fourth-order valence-electron chi connectivity index (χ4n) is 5.55. The van der Waals surface area contributed by atoms with E-state index in [0.29, 0.717) is 39.3 Å². The fraction of sp³-hybridized carbons (Fsp3) is 0.419. The molecule has 0 spiro atoms. The summed E-state index contributed by atoms with van der Waals surface area (Å²) in [5, 5.41) is 14.1. The Kier molecular flexibility index (Phi) is 9.22. The van der Waals surface area contributed by atoms with E-state index in [-0.39, 0.29) is 23.3 Å². The molecule has 4 nitrogen and oxygen atoms in total. The van der Waals surface area contributed by atoms with Gasteiger partial charge in [0.2, 0.25) is 0 Å². The quantitative estimate of drug-likeness (QED) is 0.284. The van der Waals surface area contributed by atoms with Gasteiger partial charge in [0.1, 0.15) is 11.6 Å². The molecule has 1 aliphatic carbocycles. The monoisotopic (exact) mass is 523 g/mol. The van der Waals surface area contributed by atoms with Crippen LogP contribution < -0.4 is 5.32 Å². The normalized spacial score (nSPS) is 19.1. The SMILES string of the molecule is Cc1c(F)cccc1C1=C(C(=O)c2cccc(O)c2)C[C](CCCCN(C)C)C([C@@H]2CCCNC2)=C1Cl. The van der Waals surface area contributed by atoms with E-state index >= 15 is 0 Å². The van der Waals surface area contributed by atoms with Gasteiger partial charge in [-0.1, -0.05) is 42.3 Å². The molecule has 0 saturated carbocycles. The number of hydrogen-bond donors (Lipinski definition) is 2. The van der Waals surface area contributed by atoms with Crippen LogP contribution in [0.2, 0.25) is 0 Å². The number of carbonyl (C=O) groups is 1. The average Bonchev–Trinajstić information content (AvgIpc) is 2.88. The van der Waals surface area contributed by atoms with Gasteiger partial charge in [0, 0.05) is 34.2 Å². The summed E-state index contributed by atoms with van der Waals surface area (Å²) in [4.78, 5) is 16.1. The Labute approximate surface area is 225 Å². The summed E-state index contributed by atoms with van der Waals surface area (Å²) in [5.74, 6) is 0.997. The smallest absolute Gasteiger partial charge is 0.189 e. The Morgan fingerprint density at radius 3 is 2.68 bits per heavy atom. The van der Waals surface area contributed by atoms with Crippen molar-refractivity contribution in [1.29, 1.82) is 0 Å². The number of rotatable bonds is 9. The van der Waals surface area contributed by atoms with Gasteiger partial charge >= 0.3 is 0 Å². The number of hydrogen-bond acceptors (Lipinski definition) is 4. The Morgan fingerprint density at radius 2 is 1.97 bits per heavy atom. The molecule has 1 aliphatic heterocycles. The molecule has 1 radical (unpaired) electrons. The highest BCUT2D eigenvalue weighted by Gasteiger charge is 2.37. The lowest BCUT2D eigenvalue weighted by molar-refractivity contribution is 0.103. The molecule has 2 aromatic rings. The molecule has 37 heavy (non-hydrogen) atoms. The number of unbranched alkanes of at least 4 members (excludes halogenated alkanes) is 1. The second-order valence-electron chi connectivity index (χ2n) is 10.5. The minimum Gasteiger partial charge on any atom is -0.508 e. The van der Waals surface area contributed by atoms with E-state index in [2.05, 4.69) is 24.3 Å². The summed E-state index contributed by atoms with van der Waals surface area (Å²) in [6.07, 6.45) is 5.50. The maximum atomic E-state index is 14.7. The van der Waals surface area contributed by atoms with Crippen molar-refractivity contribution in [1.82, 2.24) is 10.2 Å². The first-order valence-corrected chi connectivity index (χ1v) is 13.6. The number of phenols is 1. The maximum absolute atomic E-state index is 14.7. The van der Waals surface area contributed by atoms with E-state index in [1.807, 2.05) is 6.07 Å². The van der Waals surface area contributed by atoms with Crippen LogP contribution in [0.1, 0.15) is 60.0 Å². The molecule has 2 N–H and O–H groups in total. The van der Waals surface area contributed by atoms with Gasteiger partial charge in [0.25, 0.3) is 0 Å². The number of benzene rings is 2. The summed E-state index contributed by atoms with van der Waals surface area (Å²) in [6.45, 7) is 4.58. The number of phenolic OH excluding ortho intramolecular Hbond substituents is 1. The molecule has 1 saturated heterocycles. The molecule has 0 aromatic heterocycles. The molecule has 6 heteroatoms. The van der Waals surface area contributed by atoms with Crippen LogP contribution in [0.25, 0.3) is 5.57 Å². The van der Waals surface area contributed by atoms with E-state index in [1.165, 1.54) is 18.1 Å². The Balaban J connectivity index is 1.85. The van der Waals surface area contributed by atoms with Gasteiger partial charge in [-0.05, 0) is 107 Å². The lowest BCUT2D eigenvalue weighted by atomic mass is 9.71. The van der Waals surface area contributed by atoms with E-state index in [9.17, 15) is 14.3 Å². The number of carbonyl (C=O) groups excluding carboxylic acids is 1. The summed E-state index contributed by atoms with van der Waals surface area (Å²) in [7, 11) is 4.15. The molecule has 2 aromatic carbocycles. The van der Waals surface area contributed by atoms with Crippen LogP contribution in [0.5, 0.6) is 5.75 Å². The number of allylic oxidation sites excluding steroid dienone is 3. The van der Waals surface area contributed by atoms with Crippen LogP contribution in [0, 0.1) is 24.6 Å². The van der Waals surface area contributed by atoms with Crippen molar-refractivity contribution >= 4 is 23.0 Å². The standard InChI is InChI=1S/C31H37ClFN2O2/c1-20-25(13-7-14-27(20)33)29-26(31(37)22-10-6-12-24(36)17-22)18-21(9-4-5-16-35(2)3)28(30(29)32)23-11-8-15-34-19-23/h6-7,10,12-14,17,23,34,36H,4-5,8-9,11,15-16,18-19H2,1-3H3/t23-/m1/s1. The van der Waals surface area contributed by atoms with Crippen molar-refractivity contribution < 1.29 is 14.3 Å². The molecule has 1 fully saturated rings. The number of Topliss-reactive ketones (excluding diaryl/α,β-unsaturated/α-hetero) is 1. The van der Waals surface area contributed by atoms with E-state index in [0.717, 1.165) is 57.3 Å². The predicted octanol–water partition coefficient (Wildman–Crippen LogP) is 6.68. The molecule has 0 bridgehead atoms. The van der Waals surface area contributed by atoms with E-state index < -0.39 is 0 Å². The van der Waals surface area contributed by atoms with Crippen LogP contribution in [-0.2, 0) is 0 Å². The summed E-state index contributed by atoms with van der Waals surface area (Å²) in [5.41, 5.74) is 3.86. The molecular weight excluding hydrogens is 487 g/mol. The van der Waals surface area contributed by atoms with Crippen molar-refractivity contribution in [2.75, 3.05) is 33.7 Å². The van der Waals surface area contributed by atoms with E-state index in [1.54, 1.807) is 31.2 Å². The number of aromatic hydroxyl groups is 1. The van der Waals surface area contributed by atoms with Crippen LogP contribution in [0.15, 0.2) is 58.6 Å². The van der Waals surface area contributed by atoms with Gasteiger partial charge in [-0.2, -0.15) is 0 Å². The molecule has 1 heterocycles. The molecule has 2 aliphatic rings. The molecule has 0 unspecified atom stereocenters. The maximum Gasteiger partial charge on any atom is 0.189 e. The van der Waals surface area contributed by atoms with Crippen molar-refractivity contribution in [2.24, 2.45) is 5.92 Å². The van der Waals surface area contributed by atoms with Crippen LogP contribution in [-0.4, -0.2) is 49.5 Å². The zero-order chi connectivity index (χ0) is 26.5. The second kappa shape index (κ2) is 12.4. The van der Waals surface area contributed by atoms with Crippen LogP contribution >= 0.6 is 11.6 Å². The minimum absolute atomic E-state index is 0.0363. The highest BCUT2D eigenvalue weighted by Crippen LogP contribution is 2.49. The van der Waals surface area contributed by atoms with Crippen molar-refractivity contribution in [3.63, 3.8) is 0 Å². The third-order valence-electron chi connectivity index (χ3n) is 7.49. The summed E-state index contributed by atoms with van der Waals surface area (Å²) >= 11 is 7.30. The minimum atomic E-state index is -0.321. The summed E-state index contributed by atoms with van der Waals surface area (Å²) < 4.78 is 14.7. The molecule has 4 rings (SSSR count). The lowest BCUT2D eigenvalue weighted by Crippen LogP contribution is -2.34. The highest BCUT2D eigenvalue weighted by molar-refractivity contribution is 6.39. The average molecular weight is 524 g/mol. The molecule has 0 amide bonds. The Morgan fingerprint density at radius 1 is 1.19 bits per heavy atom. The van der Waals surface area contributed by atoms with Crippen LogP contribution in [0.3, 0.4) is 0 Å². The summed E-state index contributed by atoms with van der Waals surface area (Å²) in [6, 6.07) is 11.4. The zero-order valence-electron chi connectivity index (χ0n) is 22.0.